The third-order valence-electron chi connectivity index (χ3n) is 5.27. The van der Waals surface area contributed by atoms with Crippen molar-refractivity contribution in [3.63, 3.8) is 0 Å². The summed E-state index contributed by atoms with van der Waals surface area (Å²) in [4.78, 5) is 40.4. The molecule has 160 valence electrons. The molecular formula is C22H25FN2O5. The zero-order chi connectivity index (χ0) is 21.7. The molecule has 0 unspecified atom stereocenters. The number of rotatable bonds is 7. The van der Waals surface area contributed by atoms with Gasteiger partial charge in [0.15, 0.2) is 0 Å². The van der Waals surface area contributed by atoms with Gasteiger partial charge in [-0.15, -0.1) is 0 Å². The summed E-state index contributed by atoms with van der Waals surface area (Å²) >= 11 is 0. The molecule has 3 rings (SSSR count). The lowest BCUT2D eigenvalue weighted by atomic mass is 9.83. The number of hydrogen-bond acceptors (Lipinski definition) is 6. The third-order valence-corrected chi connectivity index (χ3v) is 5.27. The van der Waals surface area contributed by atoms with E-state index < -0.39 is 23.7 Å². The normalized spacial score (nSPS) is 17.0. The van der Waals surface area contributed by atoms with E-state index in [4.69, 9.17) is 9.47 Å². The zero-order valence-corrected chi connectivity index (χ0v) is 17.1. The maximum absolute atomic E-state index is 13.9. The van der Waals surface area contributed by atoms with E-state index in [1.54, 1.807) is 23.4 Å². The van der Waals surface area contributed by atoms with Crippen LogP contribution in [0.2, 0.25) is 0 Å². The van der Waals surface area contributed by atoms with Crippen molar-refractivity contribution < 1.29 is 28.2 Å². The van der Waals surface area contributed by atoms with E-state index in [2.05, 4.69) is 0 Å². The van der Waals surface area contributed by atoms with Crippen molar-refractivity contribution >= 4 is 17.8 Å². The van der Waals surface area contributed by atoms with Crippen LogP contribution in [-0.4, -0.2) is 61.5 Å². The molecule has 0 bridgehead atoms. The average molecular weight is 416 g/mol. The number of nitrogens with zero attached hydrogens (tertiary/aromatic N) is 2. The molecule has 1 fully saturated rings. The Hall–Kier alpha value is -3.16. The number of amides is 1. The summed E-state index contributed by atoms with van der Waals surface area (Å²) in [6.45, 7) is 1.85. The van der Waals surface area contributed by atoms with Gasteiger partial charge in [-0.25, -0.2) is 14.0 Å². The van der Waals surface area contributed by atoms with Crippen LogP contribution in [0.4, 0.5) is 4.39 Å². The van der Waals surface area contributed by atoms with Crippen LogP contribution in [0.1, 0.15) is 30.7 Å². The number of methoxy groups -OCH3 is 2. The molecule has 0 atom stereocenters. The summed E-state index contributed by atoms with van der Waals surface area (Å²) in [7, 11) is 2.51. The summed E-state index contributed by atoms with van der Waals surface area (Å²) in [5, 5.41) is 0. The molecule has 0 N–H and O–H groups in total. The number of likely N-dealkylation sites (tertiary alicyclic amines) is 1. The van der Waals surface area contributed by atoms with Gasteiger partial charge in [-0.2, -0.15) is 0 Å². The smallest absolute Gasteiger partial charge is 0.336 e. The highest BCUT2D eigenvalue weighted by molar-refractivity contribution is 5.98. The van der Waals surface area contributed by atoms with Crippen LogP contribution in [0.3, 0.4) is 0 Å². The van der Waals surface area contributed by atoms with Crippen molar-refractivity contribution in [2.24, 2.45) is 0 Å². The van der Waals surface area contributed by atoms with Crippen molar-refractivity contribution in [1.82, 2.24) is 9.80 Å². The predicted molar refractivity (Wildman–Crippen MR) is 106 cm³/mol. The van der Waals surface area contributed by atoms with Crippen molar-refractivity contribution in [2.75, 3.05) is 33.9 Å². The second-order valence-electron chi connectivity index (χ2n) is 7.22. The lowest BCUT2D eigenvalue weighted by Gasteiger charge is -2.30. The minimum atomic E-state index is -0.808. The van der Waals surface area contributed by atoms with Crippen molar-refractivity contribution in [3.05, 3.63) is 59.2 Å². The molecule has 30 heavy (non-hydrogen) atoms. The quantitative estimate of drug-likeness (QED) is 0.635. The van der Waals surface area contributed by atoms with Gasteiger partial charge in [-0.1, -0.05) is 12.1 Å². The molecule has 2 aliphatic heterocycles. The fraction of sp³-hybridized carbons (Fsp3) is 0.409. The molecule has 0 aromatic heterocycles. The molecular weight excluding hydrogens is 391 g/mol. The molecule has 1 amide bonds. The minimum absolute atomic E-state index is 0.149. The van der Waals surface area contributed by atoms with Crippen molar-refractivity contribution in [3.8, 4) is 0 Å². The van der Waals surface area contributed by atoms with Crippen LogP contribution in [0.25, 0.3) is 0 Å². The Morgan fingerprint density at radius 2 is 1.77 bits per heavy atom. The number of halogens is 1. The van der Waals surface area contributed by atoms with Crippen molar-refractivity contribution in [2.45, 2.75) is 25.2 Å². The molecule has 2 aliphatic rings. The van der Waals surface area contributed by atoms with E-state index in [1.165, 1.54) is 32.4 Å². The predicted octanol–water partition coefficient (Wildman–Crippen LogP) is 2.35. The summed E-state index contributed by atoms with van der Waals surface area (Å²) in [5.74, 6) is -2.36. The lowest BCUT2D eigenvalue weighted by molar-refractivity contribution is -0.137. The fourth-order valence-electron chi connectivity index (χ4n) is 3.85. The van der Waals surface area contributed by atoms with Gasteiger partial charge in [0, 0.05) is 38.5 Å². The van der Waals surface area contributed by atoms with Gasteiger partial charge in [0.25, 0.3) is 0 Å². The van der Waals surface area contributed by atoms with Gasteiger partial charge in [-0.3, -0.25) is 4.79 Å². The van der Waals surface area contributed by atoms with Crippen LogP contribution in [0.5, 0.6) is 0 Å². The number of esters is 2. The van der Waals surface area contributed by atoms with E-state index in [1.807, 2.05) is 4.90 Å². The van der Waals surface area contributed by atoms with Crippen LogP contribution >= 0.6 is 0 Å². The van der Waals surface area contributed by atoms with Crippen LogP contribution in [0.15, 0.2) is 47.8 Å². The minimum Gasteiger partial charge on any atom is -0.466 e. The molecule has 7 nitrogen and oxygen atoms in total. The molecule has 8 heteroatoms. The van der Waals surface area contributed by atoms with E-state index >= 15 is 0 Å². The number of carbonyl (C=O) groups is 3. The van der Waals surface area contributed by atoms with E-state index in [0.717, 1.165) is 13.0 Å². The maximum Gasteiger partial charge on any atom is 0.336 e. The molecule has 1 aromatic carbocycles. The fourth-order valence-corrected chi connectivity index (χ4v) is 3.85. The number of benzene rings is 1. The lowest BCUT2D eigenvalue weighted by Crippen LogP contribution is -2.31. The SMILES string of the molecule is COC(=O)C1=CN(CCCN2CCCC2=O)C=C(C(=O)OC)C1c1cccc(F)c1. The first kappa shape index (κ1) is 21.5. The summed E-state index contributed by atoms with van der Waals surface area (Å²) in [6, 6.07) is 5.75. The van der Waals surface area contributed by atoms with E-state index in [9.17, 15) is 18.8 Å². The first-order valence-corrected chi connectivity index (χ1v) is 9.83. The monoisotopic (exact) mass is 416 g/mol. The highest BCUT2D eigenvalue weighted by Gasteiger charge is 2.35. The number of ether oxygens (including phenoxy) is 2. The van der Waals surface area contributed by atoms with E-state index in [0.29, 0.717) is 31.5 Å². The van der Waals surface area contributed by atoms with Gasteiger partial charge < -0.3 is 19.3 Å². The second-order valence-corrected chi connectivity index (χ2v) is 7.22. The van der Waals surface area contributed by atoms with Gasteiger partial charge in [-0.05, 0) is 30.5 Å². The van der Waals surface area contributed by atoms with Crippen LogP contribution < -0.4 is 0 Å². The standard InChI is InChI=1S/C22H25FN2O5/c1-29-21(27)17-13-24(9-5-11-25-10-4-8-19(25)26)14-18(22(28)30-2)20(17)15-6-3-7-16(23)12-15/h3,6-7,12-14,20H,4-5,8-11H2,1-2H3. The molecule has 1 saturated heterocycles. The Balaban J connectivity index is 1.88. The average Bonchev–Trinajstić information content (AvgIpc) is 3.16. The Bertz CT molecular complexity index is 861. The largest absolute Gasteiger partial charge is 0.466 e. The Kier molecular flexibility index (Phi) is 6.87. The summed E-state index contributed by atoms with van der Waals surface area (Å²) in [5.41, 5.74) is 0.872. The maximum atomic E-state index is 13.9. The van der Waals surface area contributed by atoms with Gasteiger partial charge in [0.2, 0.25) is 5.91 Å². The summed E-state index contributed by atoms with van der Waals surface area (Å²) in [6.07, 6.45) is 5.33. The van der Waals surface area contributed by atoms with E-state index in [-0.39, 0.29) is 17.1 Å². The van der Waals surface area contributed by atoms with Crippen LogP contribution in [0, 0.1) is 5.82 Å². The molecule has 0 radical (unpaired) electrons. The van der Waals surface area contributed by atoms with Crippen LogP contribution in [-0.2, 0) is 23.9 Å². The van der Waals surface area contributed by atoms with Crippen molar-refractivity contribution in [1.29, 1.82) is 0 Å². The van der Waals surface area contributed by atoms with Gasteiger partial charge in [0.1, 0.15) is 5.82 Å². The number of carbonyl (C=O) groups excluding carboxylic acids is 3. The molecule has 0 saturated carbocycles. The zero-order valence-electron chi connectivity index (χ0n) is 17.1. The first-order valence-electron chi connectivity index (χ1n) is 9.83. The topological polar surface area (TPSA) is 76.2 Å². The number of hydrogen-bond donors (Lipinski definition) is 0. The highest BCUT2D eigenvalue weighted by atomic mass is 19.1. The Labute approximate surface area is 174 Å². The van der Waals surface area contributed by atoms with Gasteiger partial charge >= 0.3 is 11.9 Å². The molecule has 0 aliphatic carbocycles. The molecule has 1 aromatic rings. The summed E-state index contributed by atoms with van der Waals surface area (Å²) < 4.78 is 23.7. The first-order chi connectivity index (χ1) is 14.4. The third kappa shape index (κ3) is 4.69. The van der Waals surface area contributed by atoms with Gasteiger partial charge in [0.05, 0.1) is 31.3 Å². The molecule has 2 heterocycles. The Morgan fingerprint density at radius 1 is 1.10 bits per heavy atom. The second kappa shape index (κ2) is 9.56. The highest BCUT2D eigenvalue weighted by Crippen LogP contribution is 2.37. The Morgan fingerprint density at radius 3 is 2.30 bits per heavy atom. The molecule has 0 spiro atoms.